The minimum Gasteiger partial charge on any atom is -0.317 e. The normalized spacial score (nSPS) is 14.1. The van der Waals surface area contributed by atoms with Crippen molar-refractivity contribution in [2.75, 3.05) is 13.1 Å². The summed E-state index contributed by atoms with van der Waals surface area (Å²) in [4.78, 5) is 13.2. The highest BCUT2D eigenvalue weighted by Crippen LogP contribution is 2.23. The molecule has 0 saturated carbocycles. The zero-order valence-electron chi connectivity index (χ0n) is 16.9. The molecular weight excluding hydrogens is 426 g/mol. The zero-order chi connectivity index (χ0) is 19.5. The largest absolute Gasteiger partial charge is 0.346 e. The molecule has 0 aliphatic carbocycles. The summed E-state index contributed by atoms with van der Waals surface area (Å²) in [5.74, 6) is 0.893. The van der Waals surface area contributed by atoms with Crippen molar-refractivity contribution in [3.05, 3.63) is 87.3 Å². The number of hydrogen-bond acceptors (Lipinski definition) is 3. The second-order valence-electron chi connectivity index (χ2n) is 7.48. The van der Waals surface area contributed by atoms with Crippen molar-refractivity contribution < 1.29 is 4.39 Å². The highest BCUT2D eigenvalue weighted by atomic mass is 35.5. The van der Waals surface area contributed by atoms with Gasteiger partial charge in [-0.2, -0.15) is 5.10 Å². The Labute approximate surface area is 188 Å². The lowest BCUT2D eigenvalue weighted by molar-refractivity contribution is 0.430. The van der Waals surface area contributed by atoms with Crippen LogP contribution in [0.3, 0.4) is 0 Å². The third kappa shape index (κ3) is 5.31. The van der Waals surface area contributed by atoms with E-state index < -0.39 is 0 Å². The number of rotatable bonds is 5. The van der Waals surface area contributed by atoms with Crippen LogP contribution >= 0.6 is 24.8 Å². The Morgan fingerprint density at radius 3 is 2.40 bits per heavy atom. The van der Waals surface area contributed by atoms with Crippen LogP contribution in [0.5, 0.6) is 0 Å². The molecule has 2 aromatic carbocycles. The molecule has 0 atom stereocenters. The molecule has 4 rings (SSSR count). The fraction of sp³-hybridized carbons (Fsp3) is 0.364. The van der Waals surface area contributed by atoms with Crippen molar-refractivity contribution in [2.24, 2.45) is 0 Å². The molecule has 1 aliphatic heterocycles. The summed E-state index contributed by atoms with van der Waals surface area (Å²) >= 11 is 0. The van der Waals surface area contributed by atoms with E-state index in [9.17, 15) is 9.18 Å². The van der Waals surface area contributed by atoms with Crippen molar-refractivity contribution in [2.45, 2.75) is 38.8 Å². The van der Waals surface area contributed by atoms with Crippen molar-refractivity contribution in [3.8, 4) is 0 Å². The summed E-state index contributed by atoms with van der Waals surface area (Å²) in [5.41, 5.74) is 2.42. The van der Waals surface area contributed by atoms with Gasteiger partial charge < -0.3 is 5.32 Å². The maximum atomic E-state index is 13.6. The molecule has 1 N–H and O–H groups in total. The molecule has 0 spiro atoms. The van der Waals surface area contributed by atoms with Gasteiger partial charge in [0.25, 0.3) is 0 Å². The molecule has 2 heterocycles. The highest BCUT2D eigenvalue weighted by molar-refractivity contribution is 5.85. The van der Waals surface area contributed by atoms with Crippen LogP contribution in [0.15, 0.2) is 53.3 Å². The smallest absolute Gasteiger partial charge is 0.317 e. The predicted octanol–water partition coefficient (Wildman–Crippen LogP) is 3.90. The minimum absolute atomic E-state index is 0. The van der Waals surface area contributed by atoms with Crippen molar-refractivity contribution in [1.29, 1.82) is 0 Å². The Morgan fingerprint density at radius 1 is 1.03 bits per heavy atom. The summed E-state index contributed by atoms with van der Waals surface area (Å²) in [6.45, 7) is 4.47. The van der Waals surface area contributed by atoms with Gasteiger partial charge in [-0.15, -0.1) is 24.8 Å². The number of aryl methyl sites for hydroxylation is 1. The molecule has 5 nitrogen and oxygen atoms in total. The van der Waals surface area contributed by atoms with Gasteiger partial charge in [0.05, 0.1) is 13.1 Å². The Bertz CT molecular complexity index is 1010. The van der Waals surface area contributed by atoms with Crippen LogP contribution in [0.4, 0.5) is 4.39 Å². The standard InChI is InChI=1S/C22H25FN4O.2ClH/c1-16-13-18(7-8-20(16)23)15-27-22(28)26(14-17-5-3-2-4-6-17)21(25-27)19-9-11-24-12-10-19;;/h2-8,13,19,24H,9-12,14-15H2,1H3;2*1H. The van der Waals surface area contributed by atoms with Crippen LogP contribution < -0.4 is 11.0 Å². The molecule has 0 unspecified atom stereocenters. The van der Waals surface area contributed by atoms with Crippen LogP contribution in [-0.4, -0.2) is 27.4 Å². The van der Waals surface area contributed by atoms with Gasteiger partial charge in [0, 0.05) is 5.92 Å². The van der Waals surface area contributed by atoms with E-state index in [1.165, 1.54) is 10.7 Å². The van der Waals surface area contributed by atoms with Gasteiger partial charge in [0.15, 0.2) is 0 Å². The van der Waals surface area contributed by atoms with E-state index in [0.29, 0.717) is 18.7 Å². The lowest BCUT2D eigenvalue weighted by Gasteiger charge is -2.22. The molecule has 1 aromatic heterocycles. The molecule has 1 saturated heterocycles. The Kier molecular flexibility index (Phi) is 8.65. The lowest BCUT2D eigenvalue weighted by Crippen LogP contribution is -2.30. The third-order valence-electron chi connectivity index (χ3n) is 5.39. The first-order valence-electron chi connectivity index (χ1n) is 9.79. The number of benzene rings is 2. The highest BCUT2D eigenvalue weighted by Gasteiger charge is 2.24. The van der Waals surface area contributed by atoms with Gasteiger partial charge in [-0.1, -0.05) is 42.5 Å². The summed E-state index contributed by atoms with van der Waals surface area (Å²) in [7, 11) is 0. The molecule has 0 amide bonds. The molecule has 1 fully saturated rings. The van der Waals surface area contributed by atoms with Crippen LogP contribution in [0, 0.1) is 12.7 Å². The molecule has 8 heteroatoms. The summed E-state index contributed by atoms with van der Waals surface area (Å²) < 4.78 is 16.9. The first-order chi connectivity index (χ1) is 13.6. The van der Waals surface area contributed by atoms with E-state index >= 15 is 0 Å². The fourth-order valence-electron chi connectivity index (χ4n) is 3.84. The number of nitrogens with one attached hydrogen (secondary N) is 1. The lowest BCUT2D eigenvalue weighted by atomic mass is 9.97. The molecule has 30 heavy (non-hydrogen) atoms. The minimum atomic E-state index is -0.235. The van der Waals surface area contributed by atoms with Crippen LogP contribution in [0.25, 0.3) is 0 Å². The Morgan fingerprint density at radius 2 is 1.73 bits per heavy atom. The van der Waals surface area contributed by atoms with Gasteiger partial charge in [-0.05, 0) is 55.6 Å². The molecule has 162 valence electrons. The summed E-state index contributed by atoms with van der Waals surface area (Å²) in [6.07, 6.45) is 1.95. The molecular formula is C22H27Cl2FN4O. The molecule has 0 radical (unpaired) electrons. The maximum Gasteiger partial charge on any atom is 0.346 e. The van der Waals surface area contributed by atoms with Crippen LogP contribution in [0.2, 0.25) is 0 Å². The van der Waals surface area contributed by atoms with E-state index in [-0.39, 0.29) is 42.2 Å². The van der Waals surface area contributed by atoms with E-state index in [1.54, 1.807) is 19.1 Å². The first-order valence-corrected chi connectivity index (χ1v) is 9.79. The second-order valence-corrected chi connectivity index (χ2v) is 7.48. The number of piperidine rings is 1. The monoisotopic (exact) mass is 452 g/mol. The fourth-order valence-corrected chi connectivity index (χ4v) is 3.84. The summed E-state index contributed by atoms with van der Waals surface area (Å²) in [6, 6.07) is 14.9. The van der Waals surface area contributed by atoms with Crippen LogP contribution in [0.1, 0.15) is 41.3 Å². The molecule has 3 aromatic rings. The Hall–Kier alpha value is -2.15. The van der Waals surface area contributed by atoms with E-state index in [2.05, 4.69) is 5.32 Å². The second kappa shape index (κ2) is 10.8. The quantitative estimate of drug-likeness (QED) is 0.638. The summed E-state index contributed by atoms with van der Waals surface area (Å²) in [5, 5.41) is 8.09. The SMILES string of the molecule is Cc1cc(Cn2nc(C3CCNCC3)n(Cc3ccccc3)c2=O)ccc1F.Cl.Cl. The van der Waals surface area contributed by atoms with Crippen molar-refractivity contribution >= 4 is 24.8 Å². The number of hydrogen-bond donors (Lipinski definition) is 1. The Balaban J connectivity index is 0.00000160. The number of nitrogens with zero attached hydrogens (tertiary/aromatic N) is 3. The molecule has 0 bridgehead atoms. The van der Waals surface area contributed by atoms with Gasteiger partial charge in [-0.3, -0.25) is 4.57 Å². The van der Waals surface area contributed by atoms with E-state index in [0.717, 1.165) is 42.9 Å². The zero-order valence-corrected chi connectivity index (χ0v) is 18.5. The topological polar surface area (TPSA) is 51.9 Å². The van der Waals surface area contributed by atoms with Gasteiger partial charge in [-0.25, -0.2) is 13.9 Å². The third-order valence-corrected chi connectivity index (χ3v) is 5.39. The maximum absolute atomic E-state index is 13.6. The van der Waals surface area contributed by atoms with Gasteiger partial charge in [0.2, 0.25) is 0 Å². The number of aromatic nitrogens is 3. The average molecular weight is 453 g/mol. The molecule has 1 aliphatic rings. The number of halogens is 3. The van der Waals surface area contributed by atoms with Crippen molar-refractivity contribution in [3.63, 3.8) is 0 Å². The van der Waals surface area contributed by atoms with Crippen molar-refractivity contribution in [1.82, 2.24) is 19.7 Å². The van der Waals surface area contributed by atoms with Gasteiger partial charge >= 0.3 is 5.69 Å². The average Bonchev–Trinajstić information content (AvgIpc) is 3.02. The predicted molar refractivity (Wildman–Crippen MR) is 122 cm³/mol. The van der Waals surface area contributed by atoms with E-state index in [1.807, 2.05) is 34.9 Å². The van der Waals surface area contributed by atoms with E-state index in [4.69, 9.17) is 5.10 Å². The first kappa shape index (κ1) is 24.1. The van der Waals surface area contributed by atoms with Gasteiger partial charge in [0.1, 0.15) is 11.6 Å². The van der Waals surface area contributed by atoms with Crippen LogP contribution in [-0.2, 0) is 13.1 Å².